The maximum absolute atomic E-state index is 12.1. The van der Waals surface area contributed by atoms with Crippen LogP contribution in [0.25, 0.3) is 0 Å². The fraction of sp³-hybridized carbons (Fsp3) is 0.588. The van der Waals surface area contributed by atoms with E-state index in [-0.39, 0.29) is 5.91 Å². The van der Waals surface area contributed by atoms with Gasteiger partial charge in [-0.1, -0.05) is 35.7 Å². The van der Waals surface area contributed by atoms with Crippen molar-refractivity contribution < 1.29 is 9.53 Å². The Hall–Kier alpha value is -0.680. The van der Waals surface area contributed by atoms with E-state index in [1.807, 2.05) is 18.2 Å². The van der Waals surface area contributed by atoms with E-state index in [0.29, 0.717) is 17.7 Å². The quantitative estimate of drug-likeness (QED) is 0.788. The highest BCUT2D eigenvalue weighted by molar-refractivity contribution is 9.10. The predicted octanol–water partition coefficient (Wildman–Crippen LogP) is 4.39. The molecule has 1 saturated carbocycles. The molecule has 0 radical (unpaired) electrons. The molecule has 1 fully saturated rings. The molecule has 5 heteroatoms. The van der Waals surface area contributed by atoms with Gasteiger partial charge in [0.15, 0.2) is 0 Å². The highest BCUT2D eigenvalue weighted by atomic mass is 79.9. The number of hydrogen-bond donors (Lipinski definition) is 1. The first-order valence-corrected chi connectivity index (χ1v) is 9.74. The molecule has 1 aromatic rings. The highest BCUT2D eigenvalue weighted by Crippen LogP contribution is 2.27. The smallest absolute Gasteiger partial charge is 0.230 e. The van der Waals surface area contributed by atoms with Gasteiger partial charge in [0.05, 0.1) is 12.9 Å². The van der Waals surface area contributed by atoms with Crippen LogP contribution in [0.5, 0.6) is 5.75 Å². The van der Waals surface area contributed by atoms with Gasteiger partial charge in [-0.15, -0.1) is 11.8 Å². The lowest BCUT2D eigenvalue weighted by Crippen LogP contribution is -2.41. The minimum Gasteiger partial charge on any atom is -0.496 e. The van der Waals surface area contributed by atoms with Crippen molar-refractivity contribution in [2.45, 2.75) is 44.4 Å². The van der Waals surface area contributed by atoms with Gasteiger partial charge in [-0.2, -0.15) is 0 Å². The van der Waals surface area contributed by atoms with E-state index in [9.17, 15) is 4.79 Å². The van der Waals surface area contributed by atoms with Crippen LogP contribution in [0.2, 0.25) is 0 Å². The third kappa shape index (κ3) is 5.20. The topological polar surface area (TPSA) is 38.3 Å². The molecule has 1 N–H and O–H groups in total. The molecule has 1 amide bonds. The fourth-order valence-electron chi connectivity index (χ4n) is 2.89. The lowest BCUT2D eigenvalue weighted by Gasteiger charge is -2.29. The van der Waals surface area contributed by atoms with E-state index in [0.717, 1.165) is 28.0 Å². The number of rotatable bonds is 6. The van der Waals surface area contributed by atoms with Crippen molar-refractivity contribution >= 4 is 33.6 Å². The number of halogens is 1. The van der Waals surface area contributed by atoms with Crippen LogP contribution < -0.4 is 10.1 Å². The SMILES string of the molecule is COc1ccc(Br)cc1CSCC(=O)N[C@H]1CCCC[C@H]1C. The van der Waals surface area contributed by atoms with Crippen molar-refractivity contribution in [1.29, 1.82) is 0 Å². The van der Waals surface area contributed by atoms with E-state index in [2.05, 4.69) is 28.2 Å². The van der Waals surface area contributed by atoms with E-state index in [1.54, 1.807) is 18.9 Å². The summed E-state index contributed by atoms with van der Waals surface area (Å²) >= 11 is 5.10. The molecule has 3 nitrogen and oxygen atoms in total. The molecule has 122 valence electrons. The number of hydrogen-bond acceptors (Lipinski definition) is 3. The summed E-state index contributed by atoms with van der Waals surface area (Å²) in [7, 11) is 1.68. The van der Waals surface area contributed by atoms with Crippen molar-refractivity contribution in [2.24, 2.45) is 5.92 Å². The molecule has 1 aliphatic rings. The van der Waals surface area contributed by atoms with E-state index >= 15 is 0 Å². The molecule has 0 saturated heterocycles. The van der Waals surface area contributed by atoms with E-state index < -0.39 is 0 Å². The standard InChI is InChI=1S/C17H24BrNO2S/c1-12-5-3-4-6-15(12)19-17(20)11-22-10-13-9-14(18)7-8-16(13)21-2/h7-9,12,15H,3-6,10-11H2,1-2H3,(H,19,20)/t12-,15+/m1/s1. The number of amides is 1. The molecule has 0 spiro atoms. The van der Waals surface area contributed by atoms with Gasteiger partial charge in [-0.25, -0.2) is 0 Å². The Kier molecular flexibility index (Phi) is 7.09. The van der Waals surface area contributed by atoms with Crippen LogP contribution >= 0.6 is 27.7 Å². The summed E-state index contributed by atoms with van der Waals surface area (Å²) in [4.78, 5) is 12.1. The van der Waals surface area contributed by atoms with Crippen LogP contribution in [0, 0.1) is 5.92 Å². The second-order valence-corrected chi connectivity index (χ2v) is 7.79. The Labute approximate surface area is 145 Å². The van der Waals surface area contributed by atoms with Crippen molar-refractivity contribution in [2.75, 3.05) is 12.9 Å². The summed E-state index contributed by atoms with van der Waals surface area (Å²) in [6.45, 7) is 2.24. The molecule has 2 atom stereocenters. The summed E-state index contributed by atoms with van der Waals surface area (Å²) in [5.74, 6) is 2.90. The van der Waals surface area contributed by atoms with Gasteiger partial charge in [0.1, 0.15) is 5.75 Å². The molecule has 1 aromatic carbocycles. The molecule has 1 aliphatic carbocycles. The van der Waals surface area contributed by atoms with E-state index in [4.69, 9.17) is 4.74 Å². The number of thioether (sulfide) groups is 1. The van der Waals surface area contributed by atoms with Crippen molar-refractivity contribution in [1.82, 2.24) is 5.32 Å². The average Bonchev–Trinajstić information content (AvgIpc) is 2.50. The highest BCUT2D eigenvalue weighted by Gasteiger charge is 2.22. The molecule has 2 rings (SSSR count). The Morgan fingerprint density at radius 1 is 1.41 bits per heavy atom. The van der Waals surface area contributed by atoms with Crippen LogP contribution in [0.1, 0.15) is 38.2 Å². The Bertz CT molecular complexity index is 509. The lowest BCUT2D eigenvalue weighted by atomic mass is 9.86. The van der Waals surface area contributed by atoms with Gasteiger partial charge in [-0.3, -0.25) is 4.79 Å². The van der Waals surface area contributed by atoms with Crippen LogP contribution in [0.3, 0.4) is 0 Å². The minimum atomic E-state index is 0.151. The Morgan fingerprint density at radius 3 is 2.91 bits per heavy atom. The zero-order valence-electron chi connectivity index (χ0n) is 13.2. The van der Waals surface area contributed by atoms with E-state index in [1.165, 1.54) is 19.3 Å². The predicted molar refractivity (Wildman–Crippen MR) is 96.4 cm³/mol. The number of methoxy groups -OCH3 is 1. The van der Waals surface area contributed by atoms with Gasteiger partial charge < -0.3 is 10.1 Å². The fourth-order valence-corrected chi connectivity index (χ4v) is 4.12. The maximum atomic E-state index is 12.1. The first-order valence-electron chi connectivity index (χ1n) is 7.79. The average molecular weight is 386 g/mol. The van der Waals surface area contributed by atoms with Crippen LogP contribution in [0.4, 0.5) is 0 Å². The zero-order valence-corrected chi connectivity index (χ0v) is 15.6. The van der Waals surface area contributed by atoms with Gasteiger partial charge in [-0.05, 0) is 37.0 Å². The second-order valence-electron chi connectivity index (χ2n) is 5.88. The lowest BCUT2D eigenvalue weighted by molar-refractivity contribution is -0.119. The third-order valence-electron chi connectivity index (χ3n) is 4.19. The summed E-state index contributed by atoms with van der Waals surface area (Å²) in [5, 5.41) is 3.19. The number of benzene rings is 1. The third-order valence-corrected chi connectivity index (χ3v) is 5.67. The monoisotopic (exact) mass is 385 g/mol. The maximum Gasteiger partial charge on any atom is 0.230 e. The Balaban J connectivity index is 1.78. The van der Waals surface area contributed by atoms with Gasteiger partial charge >= 0.3 is 0 Å². The van der Waals surface area contributed by atoms with Crippen molar-refractivity contribution in [3.05, 3.63) is 28.2 Å². The molecule has 0 bridgehead atoms. The molecule has 0 heterocycles. The summed E-state index contributed by atoms with van der Waals surface area (Å²) < 4.78 is 6.39. The minimum absolute atomic E-state index is 0.151. The second kappa shape index (κ2) is 8.82. The van der Waals surface area contributed by atoms with Crippen LogP contribution in [-0.2, 0) is 10.5 Å². The molecular weight excluding hydrogens is 362 g/mol. The first kappa shape index (κ1) is 17.7. The zero-order chi connectivity index (χ0) is 15.9. The summed E-state index contributed by atoms with van der Waals surface area (Å²) in [6.07, 6.45) is 4.88. The molecular formula is C17H24BrNO2S. The Morgan fingerprint density at radius 2 is 2.18 bits per heavy atom. The summed E-state index contributed by atoms with van der Waals surface area (Å²) in [6, 6.07) is 6.32. The van der Waals surface area contributed by atoms with Crippen molar-refractivity contribution in [3.63, 3.8) is 0 Å². The van der Waals surface area contributed by atoms with Crippen LogP contribution in [0.15, 0.2) is 22.7 Å². The normalized spacial score (nSPS) is 21.4. The number of carbonyl (C=O) groups excluding carboxylic acids is 1. The van der Waals surface area contributed by atoms with Gasteiger partial charge in [0.2, 0.25) is 5.91 Å². The van der Waals surface area contributed by atoms with Gasteiger partial charge in [0.25, 0.3) is 0 Å². The number of nitrogens with one attached hydrogen (secondary N) is 1. The van der Waals surface area contributed by atoms with Crippen LogP contribution in [-0.4, -0.2) is 24.8 Å². The molecule has 0 aliphatic heterocycles. The molecule has 22 heavy (non-hydrogen) atoms. The molecule has 0 unspecified atom stereocenters. The largest absolute Gasteiger partial charge is 0.496 e. The number of carbonyl (C=O) groups is 1. The molecule has 0 aromatic heterocycles. The van der Waals surface area contributed by atoms with Gasteiger partial charge in [0, 0.05) is 21.8 Å². The summed E-state index contributed by atoms with van der Waals surface area (Å²) in [5.41, 5.74) is 1.11. The van der Waals surface area contributed by atoms with Crippen molar-refractivity contribution in [3.8, 4) is 5.75 Å². The first-order chi connectivity index (χ1) is 10.6. The number of ether oxygens (including phenoxy) is 1.